The largest absolute Gasteiger partial charge is 0.0804 e. The Labute approximate surface area is 138 Å². The van der Waals surface area contributed by atoms with Gasteiger partial charge in [-0.05, 0) is 24.0 Å². The zero-order valence-corrected chi connectivity index (χ0v) is 14.7. The molecular formula is C20H27Br. The van der Waals surface area contributed by atoms with Gasteiger partial charge in [0.2, 0.25) is 0 Å². The minimum atomic E-state index is 0.191. The number of halogens is 1. The molecule has 0 amide bonds. The Hall–Kier alpha value is -0.820. The van der Waals surface area contributed by atoms with Gasteiger partial charge in [-0.25, -0.2) is 0 Å². The second-order valence-electron chi connectivity index (χ2n) is 6.12. The maximum atomic E-state index is 3.95. The zero-order valence-electron chi connectivity index (χ0n) is 13.2. The lowest BCUT2D eigenvalue weighted by Gasteiger charge is -2.26. The molecule has 1 aromatic rings. The molecule has 21 heavy (non-hydrogen) atoms. The molecular weight excluding hydrogens is 320 g/mol. The van der Waals surface area contributed by atoms with Crippen LogP contribution in [-0.4, -0.2) is 4.32 Å². The molecule has 2 rings (SSSR count). The van der Waals surface area contributed by atoms with Crippen LogP contribution in [0.15, 0.2) is 48.6 Å². The van der Waals surface area contributed by atoms with Crippen molar-refractivity contribution in [1.29, 1.82) is 0 Å². The molecule has 0 spiro atoms. The van der Waals surface area contributed by atoms with Gasteiger partial charge in [0.25, 0.3) is 0 Å². The van der Waals surface area contributed by atoms with Crippen LogP contribution in [0.3, 0.4) is 0 Å². The van der Waals surface area contributed by atoms with Crippen LogP contribution in [0.2, 0.25) is 0 Å². The molecule has 0 aromatic heterocycles. The van der Waals surface area contributed by atoms with Gasteiger partial charge < -0.3 is 0 Å². The van der Waals surface area contributed by atoms with E-state index in [0.717, 1.165) is 6.42 Å². The lowest BCUT2D eigenvalue weighted by molar-refractivity contribution is 0.551. The van der Waals surface area contributed by atoms with E-state index in [4.69, 9.17) is 0 Å². The molecule has 0 N–H and O–H groups in total. The van der Waals surface area contributed by atoms with Crippen LogP contribution in [-0.2, 0) is 0 Å². The first-order valence-electron chi connectivity index (χ1n) is 8.37. The number of hydrogen-bond acceptors (Lipinski definition) is 0. The first kappa shape index (κ1) is 16.5. The number of hydrogen-bond donors (Lipinski definition) is 0. The summed E-state index contributed by atoms with van der Waals surface area (Å²) in [4.78, 5) is 0. The molecule has 1 aliphatic rings. The summed E-state index contributed by atoms with van der Waals surface area (Å²) < 4.78 is 0.191. The number of benzene rings is 1. The van der Waals surface area contributed by atoms with Gasteiger partial charge in [0.05, 0.1) is 0 Å². The van der Waals surface area contributed by atoms with Crippen molar-refractivity contribution in [3.8, 4) is 0 Å². The van der Waals surface area contributed by atoms with Gasteiger partial charge in [-0.1, -0.05) is 110 Å². The predicted molar refractivity (Wildman–Crippen MR) is 97.8 cm³/mol. The summed E-state index contributed by atoms with van der Waals surface area (Å²) in [5.41, 5.74) is 2.68. The molecule has 1 atom stereocenters. The average Bonchev–Trinajstić information content (AvgIpc) is 2.52. The van der Waals surface area contributed by atoms with E-state index < -0.39 is 0 Å². The molecule has 0 bridgehead atoms. The summed E-state index contributed by atoms with van der Waals surface area (Å²) in [6.45, 7) is 2.27. The average molecular weight is 347 g/mol. The number of alkyl halides is 1. The van der Waals surface area contributed by atoms with Gasteiger partial charge in [-0.2, -0.15) is 0 Å². The van der Waals surface area contributed by atoms with Gasteiger partial charge in [-0.15, -0.1) is 0 Å². The topological polar surface area (TPSA) is 0 Å². The molecule has 0 fully saturated rings. The Bertz CT molecular complexity index is 472. The highest BCUT2D eigenvalue weighted by atomic mass is 79.9. The van der Waals surface area contributed by atoms with Crippen molar-refractivity contribution in [2.45, 2.75) is 62.6 Å². The highest BCUT2D eigenvalue weighted by molar-refractivity contribution is 9.10. The van der Waals surface area contributed by atoms with Crippen molar-refractivity contribution in [3.05, 3.63) is 54.1 Å². The summed E-state index contributed by atoms with van der Waals surface area (Å²) in [5.74, 6) is 0. The van der Waals surface area contributed by atoms with Gasteiger partial charge in [0.1, 0.15) is 0 Å². The fourth-order valence-electron chi connectivity index (χ4n) is 2.88. The second-order valence-corrected chi connectivity index (χ2v) is 7.69. The first-order chi connectivity index (χ1) is 10.2. The molecule has 0 radical (unpaired) electrons. The quantitative estimate of drug-likeness (QED) is 0.354. The smallest absolute Gasteiger partial charge is 0.0474 e. The number of unbranched alkanes of at least 4 members (excludes halogenated alkanes) is 5. The lowest BCUT2D eigenvalue weighted by Crippen LogP contribution is -2.18. The van der Waals surface area contributed by atoms with Crippen LogP contribution in [0.25, 0.3) is 5.57 Å². The maximum absolute atomic E-state index is 3.95. The van der Waals surface area contributed by atoms with E-state index in [-0.39, 0.29) is 4.32 Å². The third-order valence-corrected chi connectivity index (χ3v) is 5.26. The van der Waals surface area contributed by atoms with Gasteiger partial charge in [0, 0.05) is 4.32 Å². The van der Waals surface area contributed by atoms with Crippen molar-refractivity contribution in [2.24, 2.45) is 0 Å². The summed E-state index contributed by atoms with van der Waals surface area (Å²) >= 11 is 3.95. The Morgan fingerprint density at radius 3 is 2.38 bits per heavy atom. The van der Waals surface area contributed by atoms with E-state index in [1.165, 1.54) is 56.1 Å². The number of rotatable bonds is 8. The molecule has 0 saturated carbocycles. The molecule has 0 nitrogen and oxygen atoms in total. The highest BCUT2D eigenvalue weighted by Gasteiger charge is 2.24. The summed E-state index contributed by atoms with van der Waals surface area (Å²) in [6.07, 6.45) is 17.6. The Kier molecular flexibility index (Phi) is 6.76. The fraction of sp³-hybridized carbons (Fsp3) is 0.500. The SMILES string of the molecule is CCCCCCCCC1(Br)C=CC(c2ccccc2)=CC1. The summed E-state index contributed by atoms with van der Waals surface area (Å²) in [6, 6.07) is 10.7. The molecule has 1 aliphatic carbocycles. The maximum Gasteiger partial charge on any atom is 0.0474 e. The lowest BCUT2D eigenvalue weighted by atomic mass is 9.89. The normalized spacial score (nSPS) is 21.3. The number of allylic oxidation sites excluding steroid dienone is 4. The van der Waals surface area contributed by atoms with Crippen LogP contribution in [0.4, 0.5) is 0 Å². The zero-order chi connectivity index (χ0) is 15.0. The molecule has 0 heterocycles. The molecule has 114 valence electrons. The van der Waals surface area contributed by atoms with Crippen molar-refractivity contribution >= 4 is 21.5 Å². The Morgan fingerprint density at radius 2 is 1.71 bits per heavy atom. The van der Waals surface area contributed by atoms with Crippen LogP contribution in [0.5, 0.6) is 0 Å². The summed E-state index contributed by atoms with van der Waals surface area (Å²) in [7, 11) is 0. The van der Waals surface area contributed by atoms with Gasteiger partial charge in [0.15, 0.2) is 0 Å². The van der Waals surface area contributed by atoms with Crippen molar-refractivity contribution in [2.75, 3.05) is 0 Å². The fourth-order valence-corrected chi connectivity index (χ4v) is 3.46. The standard InChI is InChI=1S/C20H27Br/c1-2-3-4-5-6-10-15-20(21)16-13-19(14-17-20)18-11-8-7-9-12-18/h7-9,11-14,16H,2-6,10,15,17H2,1H3. The third-order valence-electron chi connectivity index (χ3n) is 4.28. The molecule has 1 aromatic carbocycles. The van der Waals surface area contributed by atoms with Crippen molar-refractivity contribution < 1.29 is 0 Å². The van der Waals surface area contributed by atoms with E-state index in [1.807, 2.05) is 0 Å². The Balaban J connectivity index is 1.77. The second kappa shape index (κ2) is 8.58. The van der Waals surface area contributed by atoms with Crippen LogP contribution in [0, 0.1) is 0 Å². The van der Waals surface area contributed by atoms with Crippen LogP contribution in [0.1, 0.15) is 63.9 Å². The van der Waals surface area contributed by atoms with E-state index in [1.54, 1.807) is 0 Å². The predicted octanol–water partition coefficient (Wildman–Crippen LogP) is 6.91. The van der Waals surface area contributed by atoms with Gasteiger partial charge >= 0.3 is 0 Å². The van der Waals surface area contributed by atoms with E-state index in [9.17, 15) is 0 Å². The molecule has 0 saturated heterocycles. The van der Waals surface area contributed by atoms with E-state index in [2.05, 4.69) is 71.4 Å². The van der Waals surface area contributed by atoms with Crippen LogP contribution < -0.4 is 0 Å². The minimum Gasteiger partial charge on any atom is -0.0804 e. The molecule has 1 unspecified atom stereocenters. The van der Waals surface area contributed by atoms with Gasteiger partial charge in [-0.3, -0.25) is 0 Å². The van der Waals surface area contributed by atoms with Crippen molar-refractivity contribution in [1.82, 2.24) is 0 Å². The summed E-state index contributed by atoms with van der Waals surface area (Å²) in [5, 5.41) is 0. The Morgan fingerprint density at radius 1 is 1.00 bits per heavy atom. The minimum absolute atomic E-state index is 0.191. The first-order valence-corrected chi connectivity index (χ1v) is 9.16. The van der Waals surface area contributed by atoms with Crippen LogP contribution >= 0.6 is 15.9 Å². The monoisotopic (exact) mass is 346 g/mol. The van der Waals surface area contributed by atoms with E-state index in [0.29, 0.717) is 0 Å². The van der Waals surface area contributed by atoms with Crippen molar-refractivity contribution in [3.63, 3.8) is 0 Å². The molecule has 0 aliphatic heterocycles. The van der Waals surface area contributed by atoms with E-state index >= 15 is 0 Å². The molecule has 1 heteroatoms. The highest BCUT2D eigenvalue weighted by Crippen LogP contribution is 2.37. The third kappa shape index (κ3) is 5.47.